The van der Waals surface area contributed by atoms with Crippen molar-refractivity contribution in [1.82, 2.24) is 0 Å². The van der Waals surface area contributed by atoms with Gasteiger partial charge >= 0.3 is 0 Å². The van der Waals surface area contributed by atoms with E-state index in [-0.39, 0.29) is 17.6 Å². The smallest absolute Gasteiger partial charge is 0.123 e. The van der Waals surface area contributed by atoms with Crippen LogP contribution in [-0.2, 0) is 5.41 Å². The molecule has 3 unspecified atom stereocenters. The highest BCUT2D eigenvalue weighted by Gasteiger charge is 2.39. The summed E-state index contributed by atoms with van der Waals surface area (Å²) >= 11 is 0. The summed E-state index contributed by atoms with van der Waals surface area (Å²) in [4.78, 5) is 0. The van der Waals surface area contributed by atoms with Gasteiger partial charge in [0, 0.05) is 17.5 Å². The van der Waals surface area contributed by atoms with Crippen molar-refractivity contribution in [1.29, 1.82) is 0 Å². The van der Waals surface area contributed by atoms with Crippen molar-refractivity contribution in [2.45, 2.75) is 95.6 Å². The lowest BCUT2D eigenvalue weighted by atomic mass is 9.79. The minimum absolute atomic E-state index is 0.191. The number of rotatable bonds is 5. The lowest BCUT2D eigenvalue weighted by Gasteiger charge is -2.26. The van der Waals surface area contributed by atoms with E-state index in [1.807, 2.05) is 0 Å². The number of nitrogens with two attached hydrogens (primary N) is 1. The minimum Gasteiger partial charge on any atom is -0.488 e. The molecular weight excluding hydrogens is 282 g/mol. The lowest BCUT2D eigenvalue weighted by Crippen LogP contribution is -2.38. The van der Waals surface area contributed by atoms with Gasteiger partial charge in [-0.2, -0.15) is 0 Å². The zero-order valence-corrected chi connectivity index (χ0v) is 15.1. The van der Waals surface area contributed by atoms with Crippen LogP contribution in [0.3, 0.4) is 0 Å². The van der Waals surface area contributed by atoms with E-state index in [0.717, 1.165) is 12.2 Å². The molecule has 3 atom stereocenters. The van der Waals surface area contributed by atoms with Crippen molar-refractivity contribution in [2.24, 2.45) is 5.73 Å². The molecule has 2 N–H and O–H groups in total. The summed E-state index contributed by atoms with van der Waals surface area (Å²) in [6.07, 6.45) is 10.2. The SMILES string of the molecule is CCCCCC(C)(C)c1ccc2c(c1)OC1C(N)CCCCC21. The fourth-order valence-electron chi connectivity index (χ4n) is 4.34. The van der Waals surface area contributed by atoms with Crippen LogP contribution in [0.15, 0.2) is 18.2 Å². The summed E-state index contributed by atoms with van der Waals surface area (Å²) in [5.41, 5.74) is 9.42. The maximum atomic E-state index is 6.38. The molecule has 0 radical (unpaired) electrons. The fraction of sp³-hybridized carbons (Fsp3) is 0.714. The summed E-state index contributed by atoms with van der Waals surface area (Å²) in [6.45, 7) is 7.00. The summed E-state index contributed by atoms with van der Waals surface area (Å²) in [5.74, 6) is 1.62. The number of hydrogen-bond donors (Lipinski definition) is 1. The highest BCUT2D eigenvalue weighted by Crippen LogP contribution is 2.46. The molecule has 23 heavy (non-hydrogen) atoms. The van der Waals surface area contributed by atoms with Crippen LogP contribution in [0.2, 0.25) is 0 Å². The predicted octanol–water partition coefficient (Wildman–Crippen LogP) is 5.29. The summed E-state index contributed by atoms with van der Waals surface area (Å²) in [6, 6.07) is 7.17. The first-order valence-corrected chi connectivity index (χ1v) is 9.59. The Morgan fingerprint density at radius 3 is 2.74 bits per heavy atom. The van der Waals surface area contributed by atoms with Crippen LogP contribution < -0.4 is 10.5 Å². The quantitative estimate of drug-likeness (QED) is 0.749. The number of ether oxygens (including phenoxy) is 1. The zero-order chi connectivity index (χ0) is 16.4. The molecule has 1 aliphatic carbocycles. The van der Waals surface area contributed by atoms with Gasteiger partial charge in [0.25, 0.3) is 0 Å². The van der Waals surface area contributed by atoms with Crippen molar-refractivity contribution in [3.05, 3.63) is 29.3 Å². The van der Waals surface area contributed by atoms with Gasteiger partial charge in [0.1, 0.15) is 11.9 Å². The Morgan fingerprint density at radius 2 is 1.96 bits per heavy atom. The summed E-state index contributed by atoms with van der Waals surface area (Å²) < 4.78 is 6.34. The van der Waals surface area contributed by atoms with Gasteiger partial charge in [-0.25, -0.2) is 0 Å². The van der Waals surface area contributed by atoms with Crippen molar-refractivity contribution in [2.75, 3.05) is 0 Å². The standard InChI is InChI=1S/C21H33NO/c1-4-5-8-13-21(2,3)15-11-12-16-17-9-6-7-10-18(22)20(17)23-19(16)14-15/h11-12,14,17-18,20H,4-10,13,22H2,1-3H3. The minimum atomic E-state index is 0.191. The second-order valence-corrected chi connectivity index (χ2v) is 8.23. The van der Waals surface area contributed by atoms with Crippen molar-refractivity contribution in [3.63, 3.8) is 0 Å². The second-order valence-electron chi connectivity index (χ2n) is 8.23. The van der Waals surface area contributed by atoms with Gasteiger partial charge in [-0.1, -0.05) is 65.0 Å². The predicted molar refractivity (Wildman–Crippen MR) is 97.2 cm³/mol. The van der Waals surface area contributed by atoms with Crippen LogP contribution in [0.4, 0.5) is 0 Å². The Labute approximate surface area is 141 Å². The maximum Gasteiger partial charge on any atom is 0.123 e. The largest absolute Gasteiger partial charge is 0.488 e. The first-order valence-electron chi connectivity index (χ1n) is 9.59. The average Bonchev–Trinajstić information content (AvgIpc) is 2.79. The van der Waals surface area contributed by atoms with Gasteiger partial charge in [-0.05, 0) is 36.3 Å². The first kappa shape index (κ1) is 16.8. The molecule has 1 saturated carbocycles. The third kappa shape index (κ3) is 3.42. The molecule has 2 heteroatoms. The van der Waals surface area contributed by atoms with Crippen LogP contribution in [0.25, 0.3) is 0 Å². The van der Waals surface area contributed by atoms with Crippen molar-refractivity contribution < 1.29 is 4.74 Å². The normalized spacial score (nSPS) is 27.0. The third-order valence-electron chi connectivity index (χ3n) is 5.98. The molecule has 0 aromatic heterocycles. The topological polar surface area (TPSA) is 35.2 Å². The zero-order valence-electron chi connectivity index (χ0n) is 15.1. The lowest BCUT2D eigenvalue weighted by molar-refractivity contribution is 0.174. The monoisotopic (exact) mass is 315 g/mol. The molecule has 128 valence electrons. The van der Waals surface area contributed by atoms with E-state index in [9.17, 15) is 0 Å². The van der Waals surface area contributed by atoms with Crippen LogP contribution in [0.5, 0.6) is 5.75 Å². The Bertz CT molecular complexity index is 537. The average molecular weight is 316 g/mol. The van der Waals surface area contributed by atoms with E-state index in [1.165, 1.54) is 56.1 Å². The van der Waals surface area contributed by atoms with Gasteiger partial charge < -0.3 is 10.5 Å². The van der Waals surface area contributed by atoms with Gasteiger partial charge in [-0.15, -0.1) is 0 Å². The Hall–Kier alpha value is -1.02. The van der Waals surface area contributed by atoms with Crippen molar-refractivity contribution in [3.8, 4) is 5.75 Å². The molecule has 0 spiro atoms. The van der Waals surface area contributed by atoms with Crippen LogP contribution in [0, 0.1) is 0 Å². The fourth-order valence-corrected chi connectivity index (χ4v) is 4.34. The van der Waals surface area contributed by atoms with Gasteiger partial charge in [0.15, 0.2) is 0 Å². The molecule has 1 aromatic carbocycles. The molecule has 2 nitrogen and oxygen atoms in total. The van der Waals surface area contributed by atoms with E-state index in [2.05, 4.69) is 39.0 Å². The number of unbranched alkanes of at least 4 members (excludes halogenated alkanes) is 2. The summed E-state index contributed by atoms with van der Waals surface area (Å²) in [5, 5.41) is 0. The number of fused-ring (bicyclic) bond motifs is 3. The third-order valence-corrected chi connectivity index (χ3v) is 5.98. The Balaban J connectivity index is 1.80. The van der Waals surface area contributed by atoms with Crippen LogP contribution >= 0.6 is 0 Å². The molecule has 1 heterocycles. The van der Waals surface area contributed by atoms with Gasteiger partial charge in [-0.3, -0.25) is 0 Å². The van der Waals surface area contributed by atoms with Crippen LogP contribution in [0.1, 0.15) is 89.2 Å². The number of benzene rings is 1. The Morgan fingerprint density at radius 1 is 1.17 bits per heavy atom. The Kier molecular flexibility index (Phi) is 5.01. The second kappa shape index (κ2) is 6.84. The molecule has 1 fully saturated rings. The van der Waals surface area contributed by atoms with E-state index >= 15 is 0 Å². The highest BCUT2D eigenvalue weighted by molar-refractivity contribution is 5.46. The molecule has 0 amide bonds. The van der Waals surface area contributed by atoms with E-state index in [0.29, 0.717) is 5.92 Å². The van der Waals surface area contributed by atoms with E-state index < -0.39 is 0 Å². The van der Waals surface area contributed by atoms with Crippen LogP contribution in [-0.4, -0.2) is 12.1 Å². The molecule has 3 rings (SSSR count). The molecule has 0 saturated heterocycles. The summed E-state index contributed by atoms with van der Waals surface area (Å²) in [7, 11) is 0. The molecule has 1 aliphatic heterocycles. The van der Waals surface area contributed by atoms with Gasteiger partial charge in [0.2, 0.25) is 0 Å². The number of hydrogen-bond acceptors (Lipinski definition) is 2. The van der Waals surface area contributed by atoms with Crippen molar-refractivity contribution >= 4 is 0 Å². The maximum absolute atomic E-state index is 6.38. The van der Waals surface area contributed by atoms with Gasteiger partial charge in [0.05, 0.1) is 0 Å². The van der Waals surface area contributed by atoms with E-state index in [4.69, 9.17) is 10.5 Å². The molecule has 0 bridgehead atoms. The highest BCUT2D eigenvalue weighted by atomic mass is 16.5. The molecule has 2 aliphatic rings. The molecular formula is C21H33NO. The van der Waals surface area contributed by atoms with E-state index in [1.54, 1.807) is 0 Å². The first-order chi connectivity index (χ1) is 11.0. The molecule has 1 aromatic rings.